The largest absolute Gasteiger partial charge is 0.493 e. The van der Waals surface area contributed by atoms with Gasteiger partial charge in [-0.25, -0.2) is 5.43 Å². The zero-order chi connectivity index (χ0) is 22.1. The average Bonchev–Trinajstić information content (AvgIpc) is 2.75. The quantitative estimate of drug-likeness (QED) is 0.271. The van der Waals surface area contributed by atoms with Crippen LogP contribution >= 0.6 is 11.6 Å². The lowest BCUT2D eigenvalue weighted by Gasteiger charge is -2.10. The summed E-state index contributed by atoms with van der Waals surface area (Å²) in [5.74, 6) is 1.32. The molecule has 31 heavy (non-hydrogen) atoms. The van der Waals surface area contributed by atoms with Crippen LogP contribution in [0.1, 0.15) is 33.5 Å². The Bertz CT molecular complexity index is 1070. The first-order chi connectivity index (χ1) is 15.0. The number of nitrogens with one attached hydrogen (secondary N) is 1. The molecule has 0 saturated heterocycles. The number of hydrogen-bond acceptors (Lipinski definition) is 4. The highest BCUT2D eigenvalue weighted by Gasteiger charge is 2.04. The molecule has 3 aromatic carbocycles. The average molecular weight is 437 g/mol. The molecule has 0 aliphatic rings. The van der Waals surface area contributed by atoms with Gasteiger partial charge in [-0.15, -0.1) is 0 Å². The molecule has 0 aromatic heterocycles. The molecule has 0 heterocycles. The lowest BCUT2D eigenvalue weighted by molar-refractivity contribution is 0.0955. The number of hydrazone groups is 1. The summed E-state index contributed by atoms with van der Waals surface area (Å²) < 4.78 is 11.6. The number of ether oxygens (including phenoxy) is 2. The molecule has 1 N–H and O–H groups in total. The van der Waals surface area contributed by atoms with Crippen LogP contribution in [0.4, 0.5) is 0 Å². The molecule has 0 atom stereocenters. The first kappa shape index (κ1) is 22.4. The molecule has 3 aromatic rings. The number of amides is 1. The van der Waals surface area contributed by atoms with Gasteiger partial charge in [0, 0.05) is 17.0 Å². The molecular formula is C25H25ClN2O3. The maximum atomic E-state index is 12.1. The van der Waals surface area contributed by atoms with E-state index in [0.29, 0.717) is 23.8 Å². The van der Waals surface area contributed by atoms with Crippen molar-refractivity contribution in [3.8, 4) is 11.5 Å². The minimum absolute atomic E-state index is 0.324. The molecule has 0 radical (unpaired) electrons. The van der Waals surface area contributed by atoms with Crippen LogP contribution in [-0.2, 0) is 0 Å². The number of carbonyl (C=O) groups excluding carboxylic acids is 1. The van der Waals surface area contributed by atoms with Gasteiger partial charge in [0.25, 0.3) is 5.91 Å². The predicted molar refractivity (Wildman–Crippen MR) is 124 cm³/mol. The first-order valence-electron chi connectivity index (χ1n) is 10.0. The molecular weight excluding hydrogens is 412 g/mol. The maximum Gasteiger partial charge on any atom is 0.271 e. The summed E-state index contributed by atoms with van der Waals surface area (Å²) in [5.41, 5.74) is 6.11. The summed E-state index contributed by atoms with van der Waals surface area (Å²) in [4.78, 5) is 12.1. The van der Waals surface area contributed by atoms with Gasteiger partial charge in [0.15, 0.2) is 0 Å². The van der Waals surface area contributed by atoms with Crippen molar-refractivity contribution < 1.29 is 14.3 Å². The Labute approximate surface area is 187 Å². The lowest BCUT2D eigenvalue weighted by atomic mass is 10.1. The smallest absolute Gasteiger partial charge is 0.271 e. The third kappa shape index (κ3) is 7.15. The van der Waals surface area contributed by atoms with E-state index in [4.69, 9.17) is 21.1 Å². The Kier molecular flexibility index (Phi) is 8.07. The summed E-state index contributed by atoms with van der Waals surface area (Å²) in [7, 11) is 0. The monoisotopic (exact) mass is 436 g/mol. The molecule has 6 heteroatoms. The number of benzene rings is 3. The van der Waals surface area contributed by atoms with E-state index in [0.717, 1.165) is 29.0 Å². The Hall–Kier alpha value is -3.31. The molecule has 160 valence electrons. The van der Waals surface area contributed by atoms with Gasteiger partial charge in [-0.3, -0.25) is 4.79 Å². The Morgan fingerprint density at radius 2 is 1.81 bits per heavy atom. The van der Waals surface area contributed by atoms with Crippen LogP contribution in [0.3, 0.4) is 0 Å². The highest BCUT2D eigenvalue weighted by molar-refractivity contribution is 6.30. The topological polar surface area (TPSA) is 59.9 Å². The normalized spacial score (nSPS) is 10.8. The van der Waals surface area contributed by atoms with Gasteiger partial charge >= 0.3 is 0 Å². The molecule has 3 rings (SSSR count). The van der Waals surface area contributed by atoms with Crippen molar-refractivity contribution in [3.63, 3.8) is 0 Å². The standard InChI is InChI=1S/C25H25ClN2O3/c1-18-10-11-24(19(2)14-18)31-13-5-12-30-23-9-3-6-20(15-23)17-27-28-25(29)21-7-4-8-22(26)16-21/h3-4,6-11,14-17H,5,12-13H2,1-2H3,(H,28,29)/b27-17-. The third-order valence-electron chi connectivity index (χ3n) is 4.47. The predicted octanol–water partition coefficient (Wildman–Crippen LogP) is 5.57. The van der Waals surface area contributed by atoms with Crippen LogP contribution in [-0.4, -0.2) is 25.3 Å². The maximum absolute atomic E-state index is 12.1. The van der Waals surface area contributed by atoms with Gasteiger partial charge in [-0.05, 0) is 61.4 Å². The second-order valence-electron chi connectivity index (χ2n) is 7.10. The summed E-state index contributed by atoms with van der Waals surface area (Å²) in [6.07, 6.45) is 2.33. The summed E-state index contributed by atoms with van der Waals surface area (Å²) >= 11 is 5.90. The van der Waals surface area contributed by atoms with E-state index >= 15 is 0 Å². The fraction of sp³-hybridized carbons (Fsp3) is 0.200. The first-order valence-corrected chi connectivity index (χ1v) is 10.4. The van der Waals surface area contributed by atoms with Gasteiger partial charge in [0.1, 0.15) is 11.5 Å². The SMILES string of the molecule is Cc1ccc(OCCCOc2cccc(/C=N\NC(=O)c3cccc(Cl)c3)c2)c(C)c1. The number of nitrogens with zero attached hydrogens (tertiary/aromatic N) is 1. The van der Waals surface area contributed by atoms with Crippen LogP contribution in [0.15, 0.2) is 71.8 Å². The molecule has 1 amide bonds. The van der Waals surface area contributed by atoms with Crippen LogP contribution in [0, 0.1) is 13.8 Å². The van der Waals surface area contributed by atoms with Gasteiger partial charge < -0.3 is 9.47 Å². The second kappa shape index (κ2) is 11.2. The van der Waals surface area contributed by atoms with Crippen LogP contribution in [0.2, 0.25) is 5.02 Å². The van der Waals surface area contributed by atoms with Crippen molar-refractivity contribution in [2.75, 3.05) is 13.2 Å². The highest BCUT2D eigenvalue weighted by Crippen LogP contribution is 2.19. The molecule has 0 saturated carbocycles. The Balaban J connectivity index is 1.43. The van der Waals surface area contributed by atoms with Crippen molar-refractivity contribution in [1.29, 1.82) is 0 Å². The van der Waals surface area contributed by atoms with E-state index in [2.05, 4.69) is 23.5 Å². The van der Waals surface area contributed by atoms with E-state index in [1.54, 1.807) is 30.5 Å². The molecule has 0 aliphatic heterocycles. The van der Waals surface area contributed by atoms with Gasteiger partial charge in [-0.1, -0.05) is 47.5 Å². The number of carbonyl (C=O) groups is 1. The summed E-state index contributed by atoms with van der Waals surface area (Å²) in [6, 6.07) is 20.3. The van der Waals surface area contributed by atoms with E-state index in [1.165, 1.54) is 5.56 Å². The Morgan fingerprint density at radius 1 is 1.00 bits per heavy atom. The van der Waals surface area contributed by atoms with E-state index in [-0.39, 0.29) is 5.91 Å². The number of hydrogen-bond donors (Lipinski definition) is 1. The minimum atomic E-state index is -0.324. The summed E-state index contributed by atoms with van der Waals surface area (Å²) in [6.45, 7) is 5.23. The summed E-state index contributed by atoms with van der Waals surface area (Å²) in [5, 5.41) is 4.50. The molecule has 0 fully saturated rings. The number of aryl methyl sites for hydroxylation is 2. The molecule has 0 unspecified atom stereocenters. The van der Waals surface area contributed by atoms with Crippen LogP contribution in [0.25, 0.3) is 0 Å². The van der Waals surface area contributed by atoms with Crippen LogP contribution in [0.5, 0.6) is 11.5 Å². The zero-order valence-corrected chi connectivity index (χ0v) is 18.4. The van der Waals surface area contributed by atoms with E-state index < -0.39 is 0 Å². The van der Waals surface area contributed by atoms with Crippen molar-refractivity contribution in [1.82, 2.24) is 5.43 Å². The minimum Gasteiger partial charge on any atom is -0.493 e. The fourth-order valence-electron chi connectivity index (χ4n) is 2.94. The second-order valence-corrected chi connectivity index (χ2v) is 7.54. The lowest BCUT2D eigenvalue weighted by Crippen LogP contribution is -2.17. The van der Waals surface area contributed by atoms with Crippen molar-refractivity contribution >= 4 is 23.7 Å². The number of rotatable bonds is 9. The van der Waals surface area contributed by atoms with E-state index in [9.17, 15) is 4.79 Å². The van der Waals surface area contributed by atoms with E-state index in [1.807, 2.05) is 43.3 Å². The van der Waals surface area contributed by atoms with Gasteiger partial charge in [-0.2, -0.15) is 5.10 Å². The molecule has 0 spiro atoms. The van der Waals surface area contributed by atoms with Crippen molar-refractivity contribution in [3.05, 3.63) is 94.0 Å². The fourth-order valence-corrected chi connectivity index (χ4v) is 3.13. The third-order valence-corrected chi connectivity index (χ3v) is 4.71. The molecule has 0 aliphatic carbocycles. The van der Waals surface area contributed by atoms with Gasteiger partial charge in [0.05, 0.1) is 19.4 Å². The zero-order valence-electron chi connectivity index (χ0n) is 17.6. The molecule has 5 nitrogen and oxygen atoms in total. The highest BCUT2D eigenvalue weighted by atomic mass is 35.5. The number of halogens is 1. The Morgan fingerprint density at radius 3 is 2.61 bits per heavy atom. The van der Waals surface area contributed by atoms with Crippen LogP contribution < -0.4 is 14.9 Å². The van der Waals surface area contributed by atoms with Crippen molar-refractivity contribution in [2.45, 2.75) is 20.3 Å². The van der Waals surface area contributed by atoms with Gasteiger partial charge in [0.2, 0.25) is 0 Å². The van der Waals surface area contributed by atoms with Crippen molar-refractivity contribution in [2.24, 2.45) is 5.10 Å². The molecule has 0 bridgehead atoms.